The van der Waals surface area contributed by atoms with E-state index in [0.29, 0.717) is 10.9 Å². The van der Waals surface area contributed by atoms with Crippen molar-refractivity contribution in [2.45, 2.75) is 19.5 Å². The maximum absolute atomic E-state index is 13.6. The molecule has 0 fully saturated rings. The predicted molar refractivity (Wildman–Crippen MR) is 60.1 cm³/mol. The topological polar surface area (TPSA) is 20.2 Å². The summed E-state index contributed by atoms with van der Waals surface area (Å²) in [5.41, 5.74) is 0.0428. The molecule has 0 aliphatic rings. The lowest BCUT2D eigenvalue weighted by molar-refractivity contribution is -0.127. The fraction of sp³-hybridized carbons (Fsp3) is 0.231. The molecule has 0 unspecified atom stereocenters. The zero-order valence-electron chi connectivity index (χ0n) is 9.48. The number of phenolic OH excluding ortho intramolecular Hbond substituents is 1. The molecule has 2 aromatic rings. The van der Waals surface area contributed by atoms with Crippen molar-refractivity contribution in [2.24, 2.45) is 0 Å². The van der Waals surface area contributed by atoms with E-state index in [1.165, 1.54) is 18.2 Å². The van der Waals surface area contributed by atoms with Gasteiger partial charge in [0.2, 0.25) is 0 Å². The molecule has 0 atom stereocenters. The molecule has 0 aliphatic heterocycles. The van der Waals surface area contributed by atoms with Gasteiger partial charge in [-0.2, -0.15) is 13.2 Å². The summed E-state index contributed by atoms with van der Waals surface area (Å²) in [6.45, 7) is 1.54. The maximum atomic E-state index is 13.6. The number of aromatic hydroxyl groups is 1. The van der Waals surface area contributed by atoms with Crippen LogP contribution in [0, 0.1) is 12.7 Å². The minimum absolute atomic E-state index is 0.0513. The van der Waals surface area contributed by atoms with Crippen molar-refractivity contribution in [1.82, 2.24) is 0 Å². The van der Waals surface area contributed by atoms with Gasteiger partial charge in [0.25, 0.3) is 0 Å². The van der Waals surface area contributed by atoms with Crippen molar-refractivity contribution in [3.05, 3.63) is 41.2 Å². The summed E-state index contributed by atoms with van der Waals surface area (Å²) < 4.78 is 50.9. The number of hydrogen-bond acceptors (Lipinski definition) is 1. The molecule has 2 rings (SSSR count). The van der Waals surface area contributed by atoms with E-state index in [0.717, 1.165) is 6.07 Å². The van der Waals surface area contributed by atoms with Crippen LogP contribution >= 0.6 is 0 Å². The molecule has 1 N–H and O–H groups in total. The van der Waals surface area contributed by atoms with Crippen LogP contribution in [0.3, 0.4) is 0 Å². The van der Waals surface area contributed by atoms with Gasteiger partial charge < -0.3 is 5.11 Å². The molecule has 0 radical (unpaired) electrons. The molecular formula is C13H10F4O. The number of rotatable bonds is 1. The first-order valence-corrected chi connectivity index (χ1v) is 5.25. The van der Waals surface area contributed by atoms with Crippen molar-refractivity contribution in [1.29, 1.82) is 0 Å². The minimum atomic E-state index is -4.47. The standard InChI is InChI=1S/C13H10F4O/c1-7-4-9(18)5-8-2-3-11(14)10(12(7)8)6-13(15,16)17/h2-5,18H,6H2,1H3. The van der Waals surface area contributed by atoms with Gasteiger partial charge in [0, 0.05) is 5.56 Å². The van der Waals surface area contributed by atoms with Crippen molar-refractivity contribution in [3.8, 4) is 5.75 Å². The summed E-state index contributed by atoms with van der Waals surface area (Å²) in [4.78, 5) is 0. The quantitative estimate of drug-likeness (QED) is 0.763. The average Bonchev–Trinajstić information content (AvgIpc) is 2.20. The van der Waals surface area contributed by atoms with Crippen LogP contribution in [0.15, 0.2) is 24.3 Å². The first-order chi connectivity index (χ1) is 8.28. The molecule has 0 spiro atoms. The number of fused-ring (bicyclic) bond motifs is 1. The molecule has 5 heteroatoms. The third kappa shape index (κ3) is 2.39. The number of alkyl halides is 3. The molecule has 0 aliphatic carbocycles. The lowest BCUT2D eigenvalue weighted by Gasteiger charge is -2.13. The maximum Gasteiger partial charge on any atom is 0.393 e. The Morgan fingerprint density at radius 1 is 1.17 bits per heavy atom. The van der Waals surface area contributed by atoms with E-state index in [9.17, 15) is 22.7 Å². The fourth-order valence-electron chi connectivity index (χ4n) is 2.09. The molecule has 0 aromatic heterocycles. The Labute approximate surface area is 101 Å². The van der Waals surface area contributed by atoms with E-state index in [2.05, 4.69) is 0 Å². The van der Waals surface area contributed by atoms with E-state index >= 15 is 0 Å². The summed E-state index contributed by atoms with van der Waals surface area (Å²) in [5, 5.41) is 10.00. The van der Waals surface area contributed by atoms with Crippen LogP contribution in [-0.4, -0.2) is 11.3 Å². The fourth-order valence-corrected chi connectivity index (χ4v) is 2.09. The highest BCUT2D eigenvalue weighted by Crippen LogP contribution is 2.32. The van der Waals surface area contributed by atoms with Gasteiger partial charge in [0.05, 0.1) is 6.42 Å². The third-order valence-electron chi connectivity index (χ3n) is 2.73. The van der Waals surface area contributed by atoms with Crippen molar-refractivity contribution >= 4 is 10.8 Å². The molecule has 18 heavy (non-hydrogen) atoms. The van der Waals surface area contributed by atoms with Gasteiger partial charge in [-0.05, 0) is 41.5 Å². The first-order valence-electron chi connectivity index (χ1n) is 5.25. The Hall–Kier alpha value is -1.78. The van der Waals surface area contributed by atoms with E-state index < -0.39 is 18.4 Å². The lowest BCUT2D eigenvalue weighted by atomic mass is 9.97. The first kappa shape index (κ1) is 12.7. The summed E-state index contributed by atoms with van der Waals surface area (Å²) >= 11 is 0. The van der Waals surface area contributed by atoms with Crippen LogP contribution in [0.1, 0.15) is 11.1 Å². The lowest BCUT2D eigenvalue weighted by Crippen LogP contribution is -2.13. The van der Waals surface area contributed by atoms with Crippen LogP contribution in [0.5, 0.6) is 5.75 Å². The normalized spacial score (nSPS) is 12.1. The molecule has 96 valence electrons. The second-order valence-corrected chi connectivity index (χ2v) is 4.18. The minimum Gasteiger partial charge on any atom is -0.508 e. The SMILES string of the molecule is Cc1cc(O)cc2ccc(F)c(CC(F)(F)F)c12. The highest BCUT2D eigenvalue weighted by molar-refractivity contribution is 5.90. The summed E-state index contributed by atoms with van der Waals surface area (Å²) in [7, 11) is 0. The van der Waals surface area contributed by atoms with Crippen LogP contribution in [0.25, 0.3) is 10.8 Å². The van der Waals surface area contributed by atoms with Crippen LogP contribution in [0.4, 0.5) is 17.6 Å². The zero-order chi connectivity index (χ0) is 13.5. The van der Waals surface area contributed by atoms with E-state index in [4.69, 9.17) is 0 Å². The molecule has 0 saturated carbocycles. The largest absolute Gasteiger partial charge is 0.508 e. The van der Waals surface area contributed by atoms with E-state index in [-0.39, 0.29) is 16.7 Å². The van der Waals surface area contributed by atoms with E-state index in [1.807, 2.05) is 0 Å². The van der Waals surface area contributed by atoms with Crippen molar-refractivity contribution < 1.29 is 22.7 Å². The number of hydrogen-bond donors (Lipinski definition) is 1. The Morgan fingerprint density at radius 2 is 1.83 bits per heavy atom. The number of aryl methyl sites for hydroxylation is 1. The number of halogens is 4. The van der Waals surface area contributed by atoms with Gasteiger partial charge in [-0.1, -0.05) is 6.07 Å². The van der Waals surface area contributed by atoms with Gasteiger partial charge in [0.15, 0.2) is 0 Å². The highest BCUT2D eigenvalue weighted by Gasteiger charge is 2.30. The Morgan fingerprint density at radius 3 is 2.44 bits per heavy atom. The second kappa shape index (κ2) is 4.15. The molecule has 0 amide bonds. The number of phenols is 1. The Bertz CT molecular complexity index is 602. The predicted octanol–water partition coefficient (Wildman–Crippen LogP) is 4.10. The van der Waals surface area contributed by atoms with Gasteiger partial charge >= 0.3 is 6.18 Å². The Balaban J connectivity index is 2.74. The highest BCUT2D eigenvalue weighted by atomic mass is 19.4. The van der Waals surface area contributed by atoms with Crippen LogP contribution in [0.2, 0.25) is 0 Å². The van der Waals surface area contributed by atoms with Gasteiger partial charge in [-0.3, -0.25) is 0 Å². The molecular weight excluding hydrogens is 248 g/mol. The molecule has 2 aromatic carbocycles. The van der Waals surface area contributed by atoms with Crippen LogP contribution < -0.4 is 0 Å². The smallest absolute Gasteiger partial charge is 0.393 e. The summed E-state index contributed by atoms with van der Waals surface area (Å²) in [5.74, 6) is -0.932. The molecule has 0 saturated heterocycles. The van der Waals surface area contributed by atoms with E-state index in [1.54, 1.807) is 6.92 Å². The van der Waals surface area contributed by atoms with Crippen molar-refractivity contribution in [3.63, 3.8) is 0 Å². The summed E-state index contributed by atoms with van der Waals surface area (Å²) in [6.07, 6.45) is -5.79. The van der Waals surface area contributed by atoms with Gasteiger partial charge in [0.1, 0.15) is 11.6 Å². The monoisotopic (exact) mass is 258 g/mol. The van der Waals surface area contributed by atoms with Gasteiger partial charge in [-0.25, -0.2) is 4.39 Å². The average molecular weight is 258 g/mol. The van der Waals surface area contributed by atoms with Crippen molar-refractivity contribution in [2.75, 3.05) is 0 Å². The molecule has 0 heterocycles. The molecule has 0 bridgehead atoms. The van der Waals surface area contributed by atoms with Crippen LogP contribution in [-0.2, 0) is 6.42 Å². The van der Waals surface area contributed by atoms with Gasteiger partial charge in [-0.15, -0.1) is 0 Å². The summed E-state index contributed by atoms with van der Waals surface area (Å²) in [6, 6.07) is 4.99. The number of benzene rings is 2. The zero-order valence-corrected chi connectivity index (χ0v) is 9.48. The Kier molecular flexibility index (Phi) is 2.92. The molecule has 1 nitrogen and oxygen atoms in total. The second-order valence-electron chi connectivity index (χ2n) is 4.18. The third-order valence-corrected chi connectivity index (χ3v) is 2.73.